The molecule has 4 aromatic heterocycles. The monoisotopic (exact) mass is 438 g/mol. The number of pyridine rings is 2. The Morgan fingerprint density at radius 2 is 2.00 bits per heavy atom. The summed E-state index contributed by atoms with van der Waals surface area (Å²) in [6, 6.07) is 7.31. The van der Waals surface area contributed by atoms with Crippen LogP contribution in [-0.4, -0.2) is 48.9 Å². The molecule has 0 aromatic carbocycles. The van der Waals surface area contributed by atoms with Crippen molar-refractivity contribution >= 4 is 40.9 Å². The first kappa shape index (κ1) is 20.8. The number of aromatic amines is 1. The van der Waals surface area contributed by atoms with E-state index in [0.717, 1.165) is 42.7 Å². The van der Waals surface area contributed by atoms with Gasteiger partial charge in [0.2, 0.25) is 0 Å². The Hall–Kier alpha value is -3.46. The third-order valence-electron chi connectivity index (χ3n) is 5.27. The molecular formula is C21H23ClN8O. The zero-order valence-electron chi connectivity index (χ0n) is 17.1. The van der Waals surface area contributed by atoms with Crippen molar-refractivity contribution in [2.24, 2.45) is 7.05 Å². The molecule has 1 amide bonds. The largest absolute Gasteiger partial charge is 0.355 e. The number of rotatable bonds is 4. The summed E-state index contributed by atoms with van der Waals surface area (Å²) < 4.78 is 1.74. The molecule has 9 nitrogen and oxygen atoms in total. The van der Waals surface area contributed by atoms with Gasteiger partial charge >= 0.3 is 0 Å². The van der Waals surface area contributed by atoms with Crippen LogP contribution in [0, 0.1) is 0 Å². The Labute approximate surface area is 185 Å². The smallest absolute Gasteiger partial charge is 0.274 e. The average molecular weight is 439 g/mol. The molecule has 0 bridgehead atoms. The Morgan fingerprint density at radius 3 is 2.77 bits per heavy atom. The second kappa shape index (κ2) is 8.73. The Morgan fingerprint density at radius 1 is 1.16 bits per heavy atom. The highest BCUT2D eigenvalue weighted by Crippen LogP contribution is 2.30. The summed E-state index contributed by atoms with van der Waals surface area (Å²) in [4.78, 5) is 24.5. The Kier molecular flexibility index (Phi) is 5.85. The van der Waals surface area contributed by atoms with E-state index in [9.17, 15) is 4.79 Å². The molecule has 1 aliphatic rings. The molecule has 31 heavy (non-hydrogen) atoms. The van der Waals surface area contributed by atoms with Crippen LogP contribution in [0.4, 0.5) is 11.5 Å². The fourth-order valence-electron chi connectivity index (χ4n) is 3.80. The molecule has 1 fully saturated rings. The van der Waals surface area contributed by atoms with E-state index in [-0.39, 0.29) is 18.3 Å². The number of amides is 1. The van der Waals surface area contributed by atoms with E-state index in [1.807, 2.05) is 31.4 Å². The first-order valence-corrected chi connectivity index (χ1v) is 10.0. The fraction of sp³-hybridized carbons (Fsp3) is 0.286. The highest BCUT2D eigenvalue weighted by Gasteiger charge is 2.20. The number of halogens is 1. The number of anilines is 2. The minimum Gasteiger partial charge on any atom is -0.355 e. The van der Waals surface area contributed by atoms with Crippen LogP contribution in [0.2, 0.25) is 0 Å². The topological polar surface area (TPSA) is 105 Å². The molecule has 0 radical (unpaired) electrons. The van der Waals surface area contributed by atoms with Gasteiger partial charge in [0.05, 0.1) is 17.6 Å². The van der Waals surface area contributed by atoms with Gasteiger partial charge in [0.15, 0.2) is 11.5 Å². The Bertz CT molecular complexity index is 1200. The van der Waals surface area contributed by atoms with Gasteiger partial charge in [-0.3, -0.25) is 14.6 Å². The highest BCUT2D eigenvalue weighted by atomic mass is 35.5. The van der Waals surface area contributed by atoms with E-state index in [0.29, 0.717) is 22.7 Å². The SMILES string of the molecule is Cl.Cn1cc2cc(NC(=O)c3cccc(-c4cn[nH]c4)n3)c(N3CCCCC3)nc2n1. The number of aryl methyl sites for hydroxylation is 1. The lowest BCUT2D eigenvalue weighted by molar-refractivity contribution is 0.102. The summed E-state index contributed by atoms with van der Waals surface area (Å²) in [6.45, 7) is 1.84. The molecule has 0 aliphatic carbocycles. The van der Waals surface area contributed by atoms with Crippen LogP contribution in [-0.2, 0) is 7.05 Å². The first-order chi connectivity index (χ1) is 14.7. The molecule has 1 aliphatic heterocycles. The van der Waals surface area contributed by atoms with Crippen molar-refractivity contribution in [3.8, 4) is 11.3 Å². The van der Waals surface area contributed by atoms with Crippen molar-refractivity contribution in [3.63, 3.8) is 0 Å². The predicted octanol–water partition coefficient (Wildman–Crippen LogP) is 3.42. The number of piperidine rings is 1. The molecule has 0 unspecified atom stereocenters. The summed E-state index contributed by atoms with van der Waals surface area (Å²) in [5.41, 5.74) is 3.21. The van der Waals surface area contributed by atoms with Crippen molar-refractivity contribution in [1.82, 2.24) is 29.9 Å². The van der Waals surface area contributed by atoms with Gasteiger partial charge in [-0.25, -0.2) is 9.97 Å². The van der Waals surface area contributed by atoms with Gasteiger partial charge in [-0.2, -0.15) is 10.2 Å². The van der Waals surface area contributed by atoms with Crippen LogP contribution in [0.1, 0.15) is 29.8 Å². The lowest BCUT2D eigenvalue weighted by Gasteiger charge is -2.29. The lowest BCUT2D eigenvalue weighted by atomic mass is 10.1. The number of nitrogens with zero attached hydrogens (tertiary/aromatic N) is 6. The third kappa shape index (κ3) is 4.22. The fourth-order valence-corrected chi connectivity index (χ4v) is 3.80. The van der Waals surface area contributed by atoms with Crippen LogP contribution in [0.15, 0.2) is 42.9 Å². The number of fused-ring (bicyclic) bond motifs is 1. The maximum absolute atomic E-state index is 13.0. The van der Waals surface area contributed by atoms with Gasteiger partial charge < -0.3 is 10.2 Å². The average Bonchev–Trinajstić information content (AvgIpc) is 3.43. The zero-order chi connectivity index (χ0) is 20.5. The second-order valence-electron chi connectivity index (χ2n) is 7.47. The van der Waals surface area contributed by atoms with Crippen LogP contribution in [0.5, 0.6) is 0 Å². The summed E-state index contributed by atoms with van der Waals surface area (Å²) in [6.07, 6.45) is 8.77. The van der Waals surface area contributed by atoms with Crippen LogP contribution < -0.4 is 10.2 Å². The molecule has 5 rings (SSSR count). The number of hydrogen-bond donors (Lipinski definition) is 2. The number of H-pyrrole nitrogens is 1. The van der Waals surface area contributed by atoms with Crippen molar-refractivity contribution in [2.75, 3.05) is 23.3 Å². The Balaban J connectivity index is 0.00000231. The first-order valence-electron chi connectivity index (χ1n) is 10.0. The van der Waals surface area contributed by atoms with E-state index in [2.05, 4.69) is 30.5 Å². The quantitative estimate of drug-likeness (QED) is 0.506. The molecule has 0 atom stereocenters. The summed E-state index contributed by atoms with van der Waals surface area (Å²) in [5, 5.41) is 15.1. The number of aromatic nitrogens is 6. The summed E-state index contributed by atoms with van der Waals surface area (Å²) >= 11 is 0. The molecule has 0 spiro atoms. The number of hydrogen-bond acceptors (Lipinski definition) is 6. The molecular weight excluding hydrogens is 416 g/mol. The molecule has 1 saturated heterocycles. The minimum atomic E-state index is -0.274. The normalized spacial score (nSPS) is 13.8. The van der Waals surface area contributed by atoms with Crippen LogP contribution in [0.25, 0.3) is 22.3 Å². The molecule has 0 saturated carbocycles. The van der Waals surface area contributed by atoms with Crippen molar-refractivity contribution in [3.05, 3.63) is 48.5 Å². The highest BCUT2D eigenvalue weighted by molar-refractivity contribution is 6.05. The zero-order valence-corrected chi connectivity index (χ0v) is 17.9. The number of carbonyl (C=O) groups excluding carboxylic acids is 1. The van der Waals surface area contributed by atoms with Gasteiger partial charge in [0.25, 0.3) is 5.91 Å². The summed E-state index contributed by atoms with van der Waals surface area (Å²) in [5.74, 6) is 0.490. The summed E-state index contributed by atoms with van der Waals surface area (Å²) in [7, 11) is 1.87. The van der Waals surface area contributed by atoms with Crippen molar-refractivity contribution in [1.29, 1.82) is 0 Å². The van der Waals surface area contributed by atoms with Crippen molar-refractivity contribution in [2.45, 2.75) is 19.3 Å². The lowest BCUT2D eigenvalue weighted by Crippen LogP contribution is -2.31. The van der Waals surface area contributed by atoms with E-state index in [1.54, 1.807) is 23.1 Å². The number of nitrogens with one attached hydrogen (secondary N) is 2. The van der Waals surface area contributed by atoms with Gasteiger partial charge in [0.1, 0.15) is 5.69 Å². The maximum Gasteiger partial charge on any atom is 0.274 e. The van der Waals surface area contributed by atoms with E-state index in [4.69, 9.17) is 4.98 Å². The van der Waals surface area contributed by atoms with E-state index >= 15 is 0 Å². The van der Waals surface area contributed by atoms with Crippen LogP contribution in [0.3, 0.4) is 0 Å². The molecule has 160 valence electrons. The molecule has 2 N–H and O–H groups in total. The standard InChI is InChI=1S/C21H22N8O.ClH/c1-28-13-14-10-18(20(26-19(14)27-28)29-8-3-2-4-9-29)25-21(30)17-7-5-6-16(24-17)15-11-22-23-12-15;/h5-7,10-13H,2-4,8-9H2,1H3,(H,22,23)(H,25,30);1H. The van der Waals surface area contributed by atoms with Crippen molar-refractivity contribution < 1.29 is 4.79 Å². The van der Waals surface area contributed by atoms with Gasteiger partial charge in [-0.05, 0) is 37.5 Å². The second-order valence-corrected chi connectivity index (χ2v) is 7.47. The number of carbonyl (C=O) groups is 1. The third-order valence-corrected chi connectivity index (χ3v) is 5.27. The molecule has 4 aromatic rings. The maximum atomic E-state index is 13.0. The predicted molar refractivity (Wildman–Crippen MR) is 122 cm³/mol. The minimum absolute atomic E-state index is 0. The van der Waals surface area contributed by atoms with Gasteiger partial charge in [-0.15, -0.1) is 12.4 Å². The van der Waals surface area contributed by atoms with Crippen LogP contribution >= 0.6 is 12.4 Å². The van der Waals surface area contributed by atoms with E-state index < -0.39 is 0 Å². The van der Waals surface area contributed by atoms with Gasteiger partial charge in [0, 0.05) is 43.5 Å². The van der Waals surface area contributed by atoms with E-state index in [1.165, 1.54) is 6.42 Å². The molecule has 5 heterocycles. The molecule has 10 heteroatoms. The van der Waals surface area contributed by atoms with Gasteiger partial charge in [-0.1, -0.05) is 6.07 Å².